The number of piperidine rings is 1. The third-order valence-corrected chi connectivity index (χ3v) is 6.07. The molecule has 2 unspecified atom stereocenters. The van der Waals surface area contributed by atoms with Crippen LogP contribution in [-0.4, -0.2) is 49.1 Å². The lowest BCUT2D eigenvalue weighted by molar-refractivity contribution is -0.132. The van der Waals surface area contributed by atoms with Crippen molar-refractivity contribution in [3.8, 4) is 0 Å². The van der Waals surface area contributed by atoms with E-state index in [0.29, 0.717) is 23.9 Å². The summed E-state index contributed by atoms with van der Waals surface area (Å²) < 4.78 is 0. The molecule has 0 saturated carbocycles. The molecule has 3 saturated heterocycles. The Labute approximate surface area is 161 Å². The molecule has 4 nitrogen and oxygen atoms in total. The fourth-order valence-corrected chi connectivity index (χ4v) is 4.79. The summed E-state index contributed by atoms with van der Waals surface area (Å²) in [5.41, 5.74) is 1.16. The van der Waals surface area contributed by atoms with Crippen molar-refractivity contribution in [2.75, 3.05) is 31.1 Å². The summed E-state index contributed by atoms with van der Waals surface area (Å²) in [5.74, 6) is 0.939. The first-order valence-electron chi connectivity index (χ1n) is 9.22. The van der Waals surface area contributed by atoms with Crippen molar-refractivity contribution in [3.63, 3.8) is 0 Å². The van der Waals surface area contributed by atoms with Crippen LogP contribution in [0.3, 0.4) is 0 Å². The summed E-state index contributed by atoms with van der Waals surface area (Å²) in [4.78, 5) is 17.0. The smallest absolute Gasteiger partial charge is 0.222 e. The number of carbonyl (C=O) groups is 1. The molecule has 25 heavy (non-hydrogen) atoms. The van der Waals surface area contributed by atoms with Gasteiger partial charge in [-0.25, -0.2) is 0 Å². The highest BCUT2D eigenvalue weighted by atomic mass is 35.5. The van der Waals surface area contributed by atoms with Gasteiger partial charge in [0.05, 0.1) is 0 Å². The Morgan fingerprint density at radius 2 is 1.80 bits per heavy atom. The minimum Gasteiger partial charge on any atom is -0.368 e. The molecule has 3 aliphatic rings. The van der Waals surface area contributed by atoms with Crippen LogP contribution in [0.15, 0.2) is 24.3 Å². The van der Waals surface area contributed by atoms with Crippen molar-refractivity contribution < 1.29 is 4.79 Å². The number of piperazine rings is 1. The summed E-state index contributed by atoms with van der Waals surface area (Å²) in [6.45, 7) is 3.43. The van der Waals surface area contributed by atoms with Gasteiger partial charge in [0.2, 0.25) is 5.91 Å². The van der Waals surface area contributed by atoms with Gasteiger partial charge in [0.1, 0.15) is 0 Å². The molecule has 0 aromatic heterocycles. The predicted octanol–water partition coefficient (Wildman–Crippen LogP) is 3.33. The summed E-state index contributed by atoms with van der Waals surface area (Å²) in [6.07, 6.45) is 5.71. The van der Waals surface area contributed by atoms with Crippen LogP contribution in [0.1, 0.15) is 32.1 Å². The number of anilines is 1. The number of hydrogen-bond donors (Lipinski definition) is 1. The van der Waals surface area contributed by atoms with Crippen LogP contribution in [0.4, 0.5) is 5.69 Å². The van der Waals surface area contributed by atoms with Crippen molar-refractivity contribution in [1.29, 1.82) is 0 Å². The van der Waals surface area contributed by atoms with E-state index in [4.69, 9.17) is 11.6 Å². The Kier molecular flexibility index (Phi) is 6.13. The molecule has 4 rings (SSSR count). The predicted molar refractivity (Wildman–Crippen MR) is 105 cm³/mol. The fraction of sp³-hybridized carbons (Fsp3) is 0.632. The zero-order valence-corrected chi connectivity index (χ0v) is 16.1. The van der Waals surface area contributed by atoms with Gasteiger partial charge in [-0.15, -0.1) is 12.4 Å². The summed E-state index contributed by atoms with van der Waals surface area (Å²) >= 11 is 6.08. The molecule has 1 aromatic rings. The Balaban J connectivity index is 0.00000182. The van der Waals surface area contributed by atoms with E-state index < -0.39 is 0 Å². The first kappa shape index (κ1) is 18.8. The van der Waals surface area contributed by atoms with E-state index in [9.17, 15) is 4.79 Å². The van der Waals surface area contributed by atoms with Crippen LogP contribution in [0, 0.1) is 5.92 Å². The number of rotatable bonds is 3. The minimum absolute atomic E-state index is 0. The average molecular weight is 384 g/mol. The minimum atomic E-state index is 0. The Morgan fingerprint density at radius 1 is 1.12 bits per heavy atom. The maximum absolute atomic E-state index is 12.7. The number of fused-ring (bicyclic) bond motifs is 2. The van der Waals surface area contributed by atoms with E-state index in [1.807, 2.05) is 18.2 Å². The molecule has 1 aromatic carbocycles. The quantitative estimate of drug-likeness (QED) is 0.869. The standard InChI is InChI=1S/C19H26ClN3O.ClH/c20-15-2-1-3-18(13-15)22-6-8-23(9-7-22)19(24)12-14-10-16-4-5-17(11-14)21-16;/h1-3,13-14,16-17,21H,4-12H2;1H. The van der Waals surface area contributed by atoms with Crippen molar-refractivity contribution >= 4 is 35.6 Å². The van der Waals surface area contributed by atoms with Crippen LogP contribution in [0.25, 0.3) is 0 Å². The molecule has 2 bridgehead atoms. The largest absolute Gasteiger partial charge is 0.368 e. The van der Waals surface area contributed by atoms with Crippen molar-refractivity contribution in [1.82, 2.24) is 10.2 Å². The van der Waals surface area contributed by atoms with Crippen LogP contribution in [-0.2, 0) is 4.79 Å². The maximum atomic E-state index is 12.7. The van der Waals surface area contributed by atoms with Crippen LogP contribution < -0.4 is 10.2 Å². The number of halogens is 2. The van der Waals surface area contributed by atoms with E-state index >= 15 is 0 Å². The molecule has 3 fully saturated rings. The van der Waals surface area contributed by atoms with Gasteiger partial charge >= 0.3 is 0 Å². The second-order valence-corrected chi connectivity index (χ2v) is 7.96. The Bertz CT molecular complexity index is 592. The first-order valence-corrected chi connectivity index (χ1v) is 9.59. The van der Waals surface area contributed by atoms with E-state index in [-0.39, 0.29) is 12.4 Å². The second kappa shape index (κ2) is 8.15. The zero-order valence-electron chi connectivity index (χ0n) is 14.5. The molecular formula is C19H27Cl2N3O. The highest BCUT2D eigenvalue weighted by Gasteiger charge is 2.35. The van der Waals surface area contributed by atoms with Gasteiger partial charge in [-0.2, -0.15) is 0 Å². The van der Waals surface area contributed by atoms with Gasteiger partial charge in [-0.05, 0) is 49.8 Å². The van der Waals surface area contributed by atoms with Gasteiger partial charge in [0, 0.05) is 55.4 Å². The fourth-order valence-electron chi connectivity index (χ4n) is 4.60. The number of amides is 1. The van der Waals surface area contributed by atoms with Crippen molar-refractivity contribution in [3.05, 3.63) is 29.3 Å². The molecule has 2 atom stereocenters. The maximum Gasteiger partial charge on any atom is 0.222 e. The lowest BCUT2D eigenvalue weighted by Crippen LogP contribution is -2.49. The summed E-state index contributed by atoms with van der Waals surface area (Å²) in [7, 11) is 0. The number of carbonyl (C=O) groups excluding carboxylic acids is 1. The molecule has 0 aliphatic carbocycles. The number of hydrogen-bond acceptors (Lipinski definition) is 3. The first-order chi connectivity index (χ1) is 11.7. The Hall–Kier alpha value is -0.970. The van der Waals surface area contributed by atoms with Gasteiger partial charge in [0.15, 0.2) is 0 Å². The normalized spacial score (nSPS) is 28.6. The number of benzene rings is 1. The molecule has 138 valence electrons. The van der Waals surface area contributed by atoms with E-state index in [1.54, 1.807) is 0 Å². The molecule has 0 radical (unpaired) electrons. The van der Waals surface area contributed by atoms with E-state index in [2.05, 4.69) is 21.2 Å². The molecule has 1 N–H and O–H groups in total. The number of nitrogens with one attached hydrogen (secondary N) is 1. The van der Waals surface area contributed by atoms with Crippen molar-refractivity contribution in [2.45, 2.75) is 44.2 Å². The molecular weight excluding hydrogens is 357 g/mol. The van der Waals surface area contributed by atoms with Crippen molar-refractivity contribution in [2.24, 2.45) is 5.92 Å². The monoisotopic (exact) mass is 383 g/mol. The Morgan fingerprint density at radius 3 is 2.44 bits per heavy atom. The highest BCUT2D eigenvalue weighted by molar-refractivity contribution is 6.30. The van der Waals surface area contributed by atoms with E-state index in [1.165, 1.54) is 25.7 Å². The van der Waals surface area contributed by atoms with Gasteiger partial charge in [-0.1, -0.05) is 17.7 Å². The third kappa shape index (κ3) is 4.42. The van der Waals surface area contributed by atoms with Crippen LogP contribution >= 0.6 is 24.0 Å². The van der Waals surface area contributed by atoms with E-state index in [0.717, 1.165) is 43.3 Å². The second-order valence-electron chi connectivity index (χ2n) is 7.53. The SMILES string of the molecule is Cl.O=C(CC1CC2CCC(C1)N2)N1CCN(c2cccc(Cl)c2)CC1. The lowest BCUT2D eigenvalue weighted by Gasteiger charge is -2.37. The molecule has 0 spiro atoms. The van der Waals surface area contributed by atoms with Crippen LogP contribution in [0.2, 0.25) is 5.02 Å². The summed E-state index contributed by atoms with van der Waals surface area (Å²) in [5, 5.41) is 4.43. The molecule has 1 amide bonds. The summed E-state index contributed by atoms with van der Waals surface area (Å²) in [6, 6.07) is 9.32. The highest BCUT2D eigenvalue weighted by Crippen LogP contribution is 2.33. The third-order valence-electron chi connectivity index (χ3n) is 5.84. The zero-order chi connectivity index (χ0) is 16.5. The molecule has 3 heterocycles. The van der Waals surface area contributed by atoms with Gasteiger partial charge in [0.25, 0.3) is 0 Å². The topological polar surface area (TPSA) is 35.6 Å². The van der Waals surface area contributed by atoms with Crippen LogP contribution in [0.5, 0.6) is 0 Å². The van der Waals surface area contributed by atoms with Gasteiger partial charge < -0.3 is 15.1 Å². The lowest BCUT2D eigenvalue weighted by atomic mass is 9.89. The molecule has 6 heteroatoms. The average Bonchev–Trinajstić information content (AvgIpc) is 2.93. The number of nitrogens with zero attached hydrogens (tertiary/aromatic N) is 2. The van der Waals surface area contributed by atoms with Gasteiger partial charge in [-0.3, -0.25) is 4.79 Å². The molecule has 3 aliphatic heterocycles.